The number of ether oxygens (including phenoxy) is 2. The van der Waals surface area contributed by atoms with Gasteiger partial charge >= 0.3 is 6.18 Å². The number of rotatable bonds is 12. The van der Waals surface area contributed by atoms with Crippen molar-refractivity contribution in [2.45, 2.75) is 24.7 Å². The Labute approximate surface area is 216 Å². The smallest absolute Gasteiger partial charge is 0.422 e. The first-order valence-corrected chi connectivity index (χ1v) is 11.8. The maximum atomic E-state index is 13.1. The van der Waals surface area contributed by atoms with Gasteiger partial charge in [0.2, 0.25) is 17.4 Å². The zero-order chi connectivity index (χ0) is 27.2. The van der Waals surface area contributed by atoms with Crippen molar-refractivity contribution in [2.24, 2.45) is 4.99 Å². The van der Waals surface area contributed by atoms with Crippen molar-refractivity contribution >= 4 is 23.7 Å². The lowest BCUT2D eigenvalue weighted by Crippen LogP contribution is -2.33. The normalized spacial score (nSPS) is 16.1. The molecule has 0 saturated carbocycles. The molecule has 200 valence electrons. The lowest BCUT2D eigenvalue weighted by atomic mass is 9.97. The SMILES string of the molecule is CN(CCOc1ccc(C2(C(F)(F)F)C=N2)cc1)C(=O)Cn1cc(NC(=O)CCOc2ccccc2)cn1. The van der Waals surface area contributed by atoms with Gasteiger partial charge in [-0.15, -0.1) is 0 Å². The molecule has 9 nitrogen and oxygen atoms in total. The summed E-state index contributed by atoms with van der Waals surface area (Å²) in [5.74, 6) is 0.585. The van der Waals surface area contributed by atoms with Crippen LogP contribution in [0.5, 0.6) is 11.5 Å². The molecule has 1 unspecified atom stereocenters. The maximum absolute atomic E-state index is 13.1. The van der Waals surface area contributed by atoms with Gasteiger partial charge in [0.25, 0.3) is 0 Å². The zero-order valence-electron chi connectivity index (χ0n) is 20.5. The van der Waals surface area contributed by atoms with E-state index >= 15 is 0 Å². The first-order chi connectivity index (χ1) is 18.2. The molecule has 1 N–H and O–H groups in total. The third-order valence-electron chi connectivity index (χ3n) is 5.79. The molecule has 2 amide bonds. The molecule has 2 heterocycles. The van der Waals surface area contributed by atoms with Crippen molar-refractivity contribution in [3.63, 3.8) is 0 Å². The van der Waals surface area contributed by atoms with Gasteiger partial charge in [0.05, 0.1) is 31.5 Å². The Morgan fingerprint density at radius 1 is 1.03 bits per heavy atom. The Bertz CT molecular complexity index is 1270. The summed E-state index contributed by atoms with van der Waals surface area (Å²) in [4.78, 5) is 29.5. The van der Waals surface area contributed by atoms with Crippen LogP contribution in [0, 0.1) is 0 Å². The number of nitrogens with one attached hydrogen (secondary N) is 1. The summed E-state index contributed by atoms with van der Waals surface area (Å²) in [6.07, 6.45) is -0.441. The number of benzene rings is 2. The van der Waals surface area contributed by atoms with Crippen molar-refractivity contribution in [3.05, 3.63) is 72.6 Å². The van der Waals surface area contributed by atoms with Crippen LogP contribution >= 0.6 is 0 Å². The number of aliphatic imine (C=N–C) groups is 1. The van der Waals surface area contributed by atoms with Gasteiger partial charge in [-0.1, -0.05) is 30.3 Å². The van der Waals surface area contributed by atoms with Crippen molar-refractivity contribution in [2.75, 3.05) is 32.1 Å². The largest absolute Gasteiger partial charge is 0.493 e. The molecular weight excluding hydrogens is 503 g/mol. The van der Waals surface area contributed by atoms with Crippen LogP contribution in [0.4, 0.5) is 18.9 Å². The number of amides is 2. The number of aromatic nitrogens is 2. The van der Waals surface area contributed by atoms with Crippen molar-refractivity contribution < 1.29 is 32.2 Å². The van der Waals surface area contributed by atoms with E-state index in [4.69, 9.17) is 9.47 Å². The second-order valence-corrected chi connectivity index (χ2v) is 8.60. The lowest BCUT2D eigenvalue weighted by Gasteiger charge is -2.19. The standard InChI is InChI=1S/C26H26F3N5O4/c1-33(12-14-38-22-9-7-19(8-10-22)25(18-30-25)26(27,28)29)24(36)17-34-16-20(15-31-34)32-23(35)11-13-37-21-5-3-2-4-6-21/h2-10,15-16,18H,11-14,17H2,1H3,(H,32,35). The van der Waals surface area contributed by atoms with E-state index in [0.717, 1.165) is 6.21 Å². The summed E-state index contributed by atoms with van der Waals surface area (Å²) in [5.41, 5.74) is -1.73. The summed E-state index contributed by atoms with van der Waals surface area (Å²) in [6, 6.07) is 14.7. The average molecular weight is 530 g/mol. The highest BCUT2D eigenvalue weighted by Crippen LogP contribution is 2.48. The van der Waals surface area contributed by atoms with E-state index in [1.54, 1.807) is 25.4 Å². The first-order valence-electron chi connectivity index (χ1n) is 11.8. The van der Waals surface area contributed by atoms with Gasteiger partial charge in [-0.25, -0.2) is 0 Å². The molecule has 0 spiro atoms. The number of para-hydroxylation sites is 1. The molecule has 1 aliphatic rings. The summed E-state index contributed by atoms with van der Waals surface area (Å²) in [5, 5.41) is 6.81. The quantitative estimate of drug-likeness (QED) is 0.386. The first kappa shape index (κ1) is 26.7. The Balaban J connectivity index is 1.16. The van der Waals surface area contributed by atoms with Gasteiger partial charge in [-0.05, 0) is 29.8 Å². The van der Waals surface area contributed by atoms with E-state index in [2.05, 4.69) is 15.4 Å². The van der Waals surface area contributed by atoms with Crippen LogP contribution in [0.15, 0.2) is 72.0 Å². The number of halogens is 3. The van der Waals surface area contributed by atoms with E-state index in [1.807, 2.05) is 18.2 Å². The molecule has 1 atom stereocenters. The molecule has 0 saturated heterocycles. The Morgan fingerprint density at radius 2 is 1.68 bits per heavy atom. The number of likely N-dealkylation sites (N-methyl/N-ethyl adjacent to an activating group) is 1. The second-order valence-electron chi connectivity index (χ2n) is 8.60. The molecule has 38 heavy (non-hydrogen) atoms. The van der Waals surface area contributed by atoms with Crippen LogP contribution in [-0.2, 0) is 21.7 Å². The molecule has 12 heteroatoms. The maximum Gasteiger partial charge on any atom is 0.422 e. The molecule has 0 radical (unpaired) electrons. The lowest BCUT2D eigenvalue weighted by molar-refractivity contribution is -0.156. The number of carbonyl (C=O) groups is 2. The van der Waals surface area contributed by atoms with Crippen molar-refractivity contribution in [1.82, 2.24) is 14.7 Å². The van der Waals surface area contributed by atoms with Gasteiger partial charge in [-0.3, -0.25) is 19.3 Å². The van der Waals surface area contributed by atoms with Crippen LogP contribution < -0.4 is 14.8 Å². The molecule has 1 aliphatic heterocycles. The predicted molar refractivity (Wildman–Crippen MR) is 133 cm³/mol. The van der Waals surface area contributed by atoms with Gasteiger partial charge in [-0.2, -0.15) is 18.3 Å². The fraction of sp³-hybridized carbons (Fsp3) is 0.308. The third kappa shape index (κ3) is 6.69. The van der Waals surface area contributed by atoms with E-state index in [0.29, 0.717) is 17.2 Å². The number of hydrogen-bond donors (Lipinski definition) is 1. The van der Waals surface area contributed by atoms with Gasteiger partial charge < -0.3 is 19.7 Å². The molecule has 4 rings (SSSR count). The zero-order valence-corrected chi connectivity index (χ0v) is 20.5. The van der Waals surface area contributed by atoms with E-state index in [1.165, 1.54) is 40.0 Å². The highest BCUT2D eigenvalue weighted by Gasteiger charge is 2.61. The topological polar surface area (TPSA) is 98.1 Å². The fourth-order valence-corrected chi connectivity index (χ4v) is 3.53. The van der Waals surface area contributed by atoms with E-state index < -0.39 is 11.7 Å². The molecule has 0 fully saturated rings. The van der Waals surface area contributed by atoms with Gasteiger partial charge in [0, 0.05) is 19.5 Å². The minimum atomic E-state index is -4.48. The third-order valence-corrected chi connectivity index (χ3v) is 5.79. The number of anilines is 1. The summed E-state index contributed by atoms with van der Waals surface area (Å²) < 4.78 is 51.9. The molecule has 1 aromatic heterocycles. The number of hydrogen-bond acceptors (Lipinski definition) is 6. The summed E-state index contributed by atoms with van der Waals surface area (Å²) >= 11 is 0. The monoisotopic (exact) mass is 529 g/mol. The van der Waals surface area contributed by atoms with E-state index in [-0.39, 0.29) is 50.1 Å². The number of carbonyl (C=O) groups excluding carboxylic acids is 2. The van der Waals surface area contributed by atoms with Crippen LogP contribution in [0.25, 0.3) is 0 Å². The highest BCUT2D eigenvalue weighted by molar-refractivity contribution is 5.90. The molecule has 0 aliphatic carbocycles. The minimum Gasteiger partial charge on any atom is -0.493 e. The van der Waals surface area contributed by atoms with Crippen molar-refractivity contribution in [3.8, 4) is 11.5 Å². The molecule has 3 aromatic rings. The minimum absolute atomic E-state index is 0.0277. The highest BCUT2D eigenvalue weighted by atomic mass is 19.4. The molecular formula is C26H26F3N5O4. The van der Waals surface area contributed by atoms with Gasteiger partial charge in [0.15, 0.2) is 0 Å². The predicted octanol–water partition coefficient (Wildman–Crippen LogP) is 3.67. The van der Waals surface area contributed by atoms with Crippen LogP contribution in [0.1, 0.15) is 12.0 Å². The number of alkyl halides is 3. The Morgan fingerprint density at radius 3 is 2.34 bits per heavy atom. The summed E-state index contributed by atoms with van der Waals surface area (Å²) in [6.45, 7) is 0.580. The van der Waals surface area contributed by atoms with Crippen LogP contribution in [0.3, 0.4) is 0 Å². The van der Waals surface area contributed by atoms with E-state index in [9.17, 15) is 22.8 Å². The number of nitrogens with zero attached hydrogens (tertiary/aromatic N) is 4. The van der Waals surface area contributed by atoms with Gasteiger partial charge in [0.1, 0.15) is 24.7 Å². The van der Waals surface area contributed by atoms with Crippen molar-refractivity contribution in [1.29, 1.82) is 0 Å². The second kappa shape index (κ2) is 11.4. The van der Waals surface area contributed by atoms with Crippen LogP contribution in [0.2, 0.25) is 0 Å². The Hall–Kier alpha value is -4.35. The fourth-order valence-electron chi connectivity index (χ4n) is 3.53. The molecule has 0 bridgehead atoms. The van der Waals surface area contributed by atoms with Crippen LogP contribution in [-0.4, -0.2) is 65.7 Å². The Kier molecular flexibility index (Phi) is 7.99. The average Bonchev–Trinajstić information content (AvgIpc) is 3.61. The summed E-state index contributed by atoms with van der Waals surface area (Å²) in [7, 11) is 1.60. The molecule has 2 aromatic carbocycles.